The van der Waals surface area contributed by atoms with Crippen LogP contribution in [0, 0.1) is 13.8 Å². The lowest BCUT2D eigenvalue weighted by Gasteiger charge is -2.30. The smallest absolute Gasteiger partial charge is 0.315 e. The fourth-order valence-corrected chi connectivity index (χ4v) is 2.40. The van der Waals surface area contributed by atoms with E-state index >= 15 is 0 Å². The first-order valence-electron chi connectivity index (χ1n) is 7.38. The maximum Gasteiger partial charge on any atom is 0.315 e. The number of amides is 3. The minimum atomic E-state index is -1.02. The van der Waals surface area contributed by atoms with E-state index in [0.29, 0.717) is 6.54 Å². The van der Waals surface area contributed by atoms with Gasteiger partial charge >= 0.3 is 6.03 Å². The van der Waals surface area contributed by atoms with Gasteiger partial charge in [-0.1, -0.05) is 0 Å². The van der Waals surface area contributed by atoms with Gasteiger partial charge in [0.1, 0.15) is 11.3 Å². The van der Waals surface area contributed by atoms with Crippen molar-refractivity contribution in [3.05, 3.63) is 23.0 Å². The van der Waals surface area contributed by atoms with E-state index in [1.807, 2.05) is 13.8 Å². The molecule has 0 aliphatic heterocycles. The first-order chi connectivity index (χ1) is 10.6. The van der Waals surface area contributed by atoms with Crippen molar-refractivity contribution < 1.29 is 14.3 Å². The first-order valence-corrected chi connectivity index (χ1v) is 7.38. The molecular weight excluding hydrogens is 296 g/mol. The van der Waals surface area contributed by atoms with Crippen LogP contribution in [0.4, 0.5) is 4.79 Å². The molecule has 0 saturated heterocycles. The topological polar surface area (TPSA) is 83.6 Å². The Morgan fingerprint density at radius 1 is 1.35 bits per heavy atom. The molecule has 7 nitrogen and oxygen atoms in total. The maximum atomic E-state index is 12.6. The summed E-state index contributed by atoms with van der Waals surface area (Å²) < 4.78 is 5.38. The van der Waals surface area contributed by atoms with Gasteiger partial charge in [0.25, 0.3) is 0 Å². The van der Waals surface area contributed by atoms with Crippen LogP contribution >= 0.6 is 0 Å². The number of hydrogen-bond acceptors (Lipinski definition) is 4. The van der Waals surface area contributed by atoms with E-state index in [1.165, 1.54) is 7.05 Å². The molecule has 0 aliphatic rings. The average Bonchev–Trinajstić information content (AvgIpc) is 2.49. The largest absolute Gasteiger partial charge is 0.496 e. The Hall–Kier alpha value is -2.31. The van der Waals surface area contributed by atoms with Crippen molar-refractivity contribution in [3.63, 3.8) is 0 Å². The number of aromatic nitrogens is 1. The van der Waals surface area contributed by atoms with Crippen molar-refractivity contribution in [3.8, 4) is 5.75 Å². The fraction of sp³-hybridized carbons (Fsp3) is 0.562. The van der Waals surface area contributed by atoms with Crippen LogP contribution in [-0.2, 0) is 11.3 Å². The summed E-state index contributed by atoms with van der Waals surface area (Å²) in [6, 6.07) is -0.400. The maximum absolute atomic E-state index is 12.6. The van der Waals surface area contributed by atoms with Crippen LogP contribution in [-0.4, -0.2) is 48.6 Å². The van der Waals surface area contributed by atoms with Crippen LogP contribution in [0.1, 0.15) is 30.7 Å². The standard InChI is InChI=1S/C16H26N4O3/c1-10-8-18-12(11(2)13(10)23-7)9-20(6)14(21)16(3,4)19-15(22)17-5/h8H,9H2,1-7H3,(H2,17,19,22). The second-order valence-corrected chi connectivity index (χ2v) is 6.04. The molecule has 23 heavy (non-hydrogen) atoms. The van der Waals surface area contributed by atoms with E-state index in [4.69, 9.17) is 4.74 Å². The zero-order chi connectivity index (χ0) is 17.8. The van der Waals surface area contributed by atoms with E-state index in [2.05, 4.69) is 15.6 Å². The molecule has 0 aromatic carbocycles. The first kappa shape index (κ1) is 18.7. The summed E-state index contributed by atoms with van der Waals surface area (Å²) in [7, 11) is 4.80. The van der Waals surface area contributed by atoms with Crippen LogP contribution in [0.2, 0.25) is 0 Å². The minimum absolute atomic E-state index is 0.207. The highest BCUT2D eigenvalue weighted by molar-refractivity contribution is 5.90. The highest BCUT2D eigenvalue weighted by Gasteiger charge is 2.32. The number of ether oxygens (including phenoxy) is 1. The van der Waals surface area contributed by atoms with Crippen molar-refractivity contribution in [2.75, 3.05) is 21.2 Å². The van der Waals surface area contributed by atoms with Gasteiger partial charge in [0, 0.05) is 31.4 Å². The van der Waals surface area contributed by atoms with Crippen molar-refractivity contribution in [2.45, 2.75) is 39.8 Å². The van der Waals surface area contributed by atoms with Crippen LogP contribution in [0.5, 0.6) is 5.75 Å². The summed E-state index contributed by atoms with van der Waals surface area (Å²) in [6.45, 7) is 7.50. The third-order valence-corrected chi connectivity index (χ3v) is 3.67. The van der Waals surface area contributed by atoms with Crippen LogP contribution in [0.15, 0.2) is 6.20 Å². The van der Waals surface area contributed by atoms with Crippen LogP contribution in [0.3, 0.4) is 0 Å². The normalized spacial score (nSPS) is 10.9. The third kappa shape index (κ3) is 4.34. The van der Waals surface area contributed by atoms with Gasteiger partial charge in [-0.25, -0.2) is 4.79 Å². The van der Waals surface area contributed by atoms with Crippen molar-refractivity contribution in [1.29, 1.82) is 0 Å². The molecule has 0 saturated carbocycles. The average molecular weight is 322 g/mol. The Morgan fingerprint density at radius 2 is 1.96 bits per heavy atom. The lowest BCUT2D eigenvalue weighted by atomic mass is 10.0. The Labute approximate surface area is 137 Å². The molecule has 7 heteroatoms. The molecule has 0 unspecified atom stereocenters. The Bertz CT molecular complexity index is 599. The second kappa shape index (κ2) is 7.30. The molecule has 1 heterocycles. The highest BCUT2D eigenvalue weighted by atomic mass is 16.5. The molecule has 0 aliphatic carbocycles. The summed E-state index contributed by atoms with van der Waals surface area (Å²) in [6.07, 6.45) is 1.73. The van der Waals surface area contributed by atoms with Gasteiger partial charge in [-0.3, -0.25) is 9.78 Å². The van der Waals surface area contributed by atoms with Crippen LogP contribution < -0.4 is 15.4 Å². The molecule has 2 N–H and O–H groups in total. The Balaban J connectivity index is 2.93. The summed E-state index contributed by atoms with van der Waals surface area (Å²) in [5.41, 5.74) is 1.60. The van der Waals surface area contributed by atoms with Crippen molar-refractivity contribution >= 4 is 11.9 Å². The monoisotopic (exact) mass is 322 g/mol. The molecule has 0 fully saturated rings. The van der Waals surface area contributed by atoms with Gasteiger partial charge in [-0.15, -0.1) is 0 Å². The Kier molecular flexibility index (Phi) is 5.95. The molecule has 0 bridgehead atoms. The van der Waals surface area contributed by atoms with Gasteiger partial charge in [-0.05, 0) is 27.7 Å². The van der Waals surface area contributed by atoms with Gasteiger partial charge in [0.2, 0.25) is 5.91 Å². The van der Waals surface area contributed by atoms with E-state index in [1.54, 1.807) is 39.1 Å². The van der Waals surface area contributed by atoms with Crippen molar-refractivity contribution in [1.82, 2.24) is 20.5 Å². The number of aryl methyl sites for hydroxylation is 1. The molecule has 0 radical (unpaired) electrons. The lowest BCUT2D eigenvalue weighted by Crippen LogP contribution is -2.56. The molecule has 0 spiro atoms. The molecular formula is C16H26N4O3. The summed E-state index contributed by atoms with van der Waals surface area (Å²) in [5.74, 6) is 0.570. The van der Waals surface area contributed by atoms with Gasteiger partial charge in [-0.2, -0.15) is 0 Å². The number of carbonyl (C=O) groups excluding carboxylic acids is 2. The molecule has 128 valence electrons. The SMILES string of the molecule is CNC(=O)NC(C)(C)C(=O)N(C)Cc1ncc(C)c(OC)c1C. The molecule has 3 amide bonds. The number of nitrogens with zero attached hydrogens (tertiary/aromatic N) is 2. The van der Waals surface area contributed by atoms with E-state index in [9.17, 15) is 9.59 Å². The number of hydrogen-bond donors (Lipinski definition) is 2. The molecule has 1 aromatic heterocycles. The zero-order valence-corrected chi connectivity index (χ0v) is 14.9. The number of urea groups is 1. The second-order valence-electron chi connectivity index (χ2n) is 6.04. The van der Waals surface area contributed by atoms with Crippen LogP contribution in [0.25, 0.3) is 0 Å². The lowest BCUT2D eigenvalue weighted by molar-refractivity contribution is -0.135. The summed E-state index contributed by atoms with van der Waals surface area (Å²) in [5, 5.41) is 5.08. The minimum Gasteiger partial charge on any atom is -0.496 e. The fourth-order valence-electron chi connectivity index (χ4n) is 2.40. The summed E-state index contributed by atoms with van der Waals surface area (Å²) >= 11 is 0. The predicted octanol–water partition coefficient (Wildman–Crippen LogP) is 1.37. The number of nitrogens with one attached hydrogen (secondary N) is 2. The third-order valence-electron chi connectivity index (χ3n) is 3.67. The van der Waals surface area contributed by atoms with Gasteiger partial charge in [0.05, 0.1) is 19.3 Å². The highest BCUT2D eigenvalue weighted by Crippen LogP contribution is 2.24. The zero-order valence-electron chi connectivity index (χ0n) is 14.9. The molecule has 0 atom stereocenters. The quantitative estimate of drug-likeness (QED) is 0.858. The van der Waals surface area contributed by atoms with E-state index in [-0.39, 0.29) is 5.91 Å². The number of likely N-dealkylation sites (N-methyl/N-ethyl adjacent to an activating group) is 1. The van der Waals surface area contributed by atoms with Crippen molar-refractivity contribution in [2.24, 2.45) is 0 Å². The van der Waals surface area contributed by atoms with E-state index in [0.717, 1.165) is 22.6 Å². The molecule has 1 aromatic rings. The van der Waals surface area contributed by atoms with Gasteiger partial charge in [0.15, 0.2) is 0 Å². The molecule has 1 rings (SSSR count). The number of pyridine rings is 1. The number of methoxy groups -OCH3 is 1. The summed E-state index contributed by atoms with van der Waals surface area (Å²) in [4.78, 5) is 30.0. The number of rotatable bonds is 5. The predicted molar refractivity (Wildman–Crippen MR) is 88.4 cm³/mol. The number of carbonyl (C=O) groups is 2. The Morgan fingerprint density at radius 3 is 2.48 bits per heavy atom. The van der Waals surface area contributed by atoms with E-state index < -0.39 is 11.6 Å². The van der Waals surface area contributed by atoms with Gasteiger partial charge < -0.3 is 20.3 Å².